The Labute approximate surface area is 217 Å². The summed E-state index contributed by atoms with van der Waals surface area (Å²) in [4.78, 5) is 44.8. The highest BCUT2D eigenvalue weighted by atomic mass is 32.2. The Hall–Kier alpha value is -4.07. The normalized spacial score (nSPS) is 16.1. The van der Waals surface area contributed by atoms with Crippen LogP contribution in [-0.4, -0.2) is 73.7 Å². The number of benzene rings is 1. The number of aromatic hydroxyl groups is 3. The van der Waals surface area contributed by atoms with Crippen LogP contribution < -0.4 is 10.9 Å². The number of imidazole rings is 1. The van der Waals surface area contributed by atoms with Gasteiger partial charge in [-0.25, -0.2) is 17.8 Å². The van der Waals surface area contributed by atoms with E-state index in [1.165, 1.54) is 29.0 Å². The third kappa shape index (κ3) is 5.74. The molecule has 1 aliphatic rings. The van der Waals surface area contributed by atoms with E-state index in [0.29, 0.717) is 24.6 Å². The number of carbonyl (C=O) groups is 2. The number of fused-ring (bicyclic) bond motifs is 1. The zero-order chi connectivity index (χ0) is 27.8. The maximum atomic E-state index is 13.1. The van der Waals surface area contributed by atoms with Gasteiger partial charge in [-0.1, -0.05) is 13.0 Å². The number of phenols is 2. The molecule has 1 aromatic carbocycles. The van der Waals surface area contributed by atoms with Crippen LogP contribution >= 0.6 is 0 Å². The third-order valence-electron chi connectivity index (χ3n) is 6.32. The number of rotatable bonds is 7. The fourth-order valence-electron chi connectivity index (χ4n) is 4.50. The molecule has 13 nitrogen and oxygen atoms in total. The number of carbonyl (C=O) groups excluding carboxylic acids is 2. The van der Waals surface area contributed by atoms with Crippen molar-refractivity contribution in [3.8, 4) is 17.2 Å². The van der Waals surface area contributed by atoms with E-state index in [0.717, 1.165) is 23.5 Å². The summed E-state index contributed by atoms with van der Waals surface area (Å²) in [6.07, 6.45) is 4.16. The molecule has 204 valence electrons. The molecule has 2 aromatic heterocycles. The van der Waals surface area contributed by atoms with E-state index >= 15 is 0 Å². The van der Waals surface area contributed by atoms with Crippen LogP contribution in [0.5, 0.6) is 17.2 Å². The van der Waals surface area contributed by atoms with Gasteiger partial charge in [0, 0.05) is 32.1 Å². The molecule has 1 saturated heterocycles. The summed E-state index contributed by atoms with van der Waals surface area (Å²) < 4.78 is 26.2. The molecule has 1 fully saturated rings. The topological polar surface area (TPSA) is 184 Å². The van der Waals surface area contributed by atoms with Crippen molar-refractivity contribution in [2.75, 3.05) is 19.3 Å². The van der Waals surface area contributed by atoms with Crippen molar-refractivity contribution >= 4 is 27.4 Å². The molecule has 1 aliphatic heterocycles. The van der Waals surface area contributed by atoms with Gasteiger partial charge in [0.25, 0.3) is 5.91 Å². The molecule has 4 N–H and O–H groups in total. The van der Waals surface area contributed by atoms with E-state index in [9.17, 15) is 38.1 Å². The SMILES string of the molecule is CC1CCCN(C(=O)Cn2cc(CS(C)(=O)=O)n3c(=O)c(O)c(C(=O)NCc4ccc(O)c(O)c4)nc23)C1. The Balaban J connectivity index is 1.71. The summed E-state index contributed by atoms with van der Waals surface area (Å²) in [5.74, 6) is -3.27. The van der Waals surface area contributed by atoms with Crippen molar-refractivity contribution in [3.05, 3.63) is 51.7 Å². The Morgan fingerprint density at radius 3 is 2.58 bits per heavy atom. The first-order valence-corrected chi connectivity index (χ1v) is 14.0. The molecule has 0 saturated carbocycles. The van der Waals surface area contributed by atoms with E-state index in [4.69, 9.17) is 0 Å². The zero-order valence-corrected chi connectivity index (χ0v) is 21.7. The molecule has 1 unspecified atom stereocenters. The van der Waals surface area contributed by atoms with Gasteiger partial charge in [-0.2, -0.15) is 0 Å². The predicted octanol–water partition coefficient (Wildman–Crippen LogP) is 0.346. The van der Waals surface area contributed by atoms with E-state index in [1.807, 2.05) is 6.92 Å². The number of amides is 2. The number of likely N-dealkylation sites (tertiary alicyclic amines) is 1. The maximum absolute atomic E-state index is 13.1. The maximum Gasteiger partial charge on any atom is 0.302 e. The van der Waals surface area contributed by atoms with E-state index < -0.39 is 38.5 Å². The van der Waals surface area contributed by atoms with Crippen LogP contribution in [0, 0.1) is 5.92 Å². The van der Waals surface area contributed by atoms with Crippen molar-refractivity contribution < 1.29 is 33.3 Å². The van der Waals surface area contributed by atoms with E-state index in [2.05, 4.69) is 10.3 Å². The fraction of sp³-hybridized carbons (Fsp3) is 0.417. The number of nitrogens with zero attached hydrogens (tertiary/aromatic N) is 4. The van der Waals surface area contributed by atoms with Crippen molar-refractivity contribution in [2.24, 2.45) is 5.92 Å². The molecule has 2 amide bonds. The first-order valence-electron chi connectivity index (χ1n) is 11.9. The quantitative estimate of drug-likeness (QED) is 0.303. The number of phenolic OH excluding ortho intramolecular Hbond substituents is 2. The lowest BCUT2D eigenvalue weighted by Crippen LogP contribution is -2.40. The summed E-state index contributed by atoms with van der Waals surface area (Å²) in [7, 11) is -3.61. The number of nitrogens with one attached hydrogen (secondary N) is 1. The molecule has 0 radical (unpaired) electrons. The Morgan fingerprint density at radius 2 is 1.92 bits per heavy atom. The Kier molecular flexibility index (Phi) is 7.35. The number of hydrogen-bond acceptors (Lipinski definition) is 9. The van der Waals surface area contributed by atoms with Gasteiger partial charge in [0.15, 0.2) is 27.0 Å². The van der Waals surface area contributed by atoms with Crippen molar-refractivity contribution in [3.63, 3.8) is 0 Å². The number of sulfone groups is 1. The molecule has 0 aliphatic carbocycles. The first-order chi connectivity index (χ1) is 17.8. The molecule has 14 heteroatoms. The van der Waals surface area contributed by atoms with Gasteiger partial charge in [-0.15, -0.1) is 0 Å². The Morgan fingerprint density at radius 1 is 1.18 bits per heavy atom. The Bertz CT molecular complexity index is 1580. The van der Waals surface area contributed by atoms with Crippen LogP contribution in [0.2, 0.25) is 0 Å². The summed E-state index contributed by atoms with van der Waals surface area (Å²) in [6, 6.07) is 3.92. The standard InChI is InChI=1S/C24H29N5O8S/c1-14-4-3-7-27(10-14)19(32)12-28-11-16(13-38(2,36)37)29-23(35)21(33)20(26-24(28)29)22(34)25-9-15-5-6-17(30)18(31)8-15/h5-6,8,11,14,30-31,33H,3-4,7,9-10,12-13H2,1-2H3,(H,25,34). The number of piperidine rings is 1. The average Bonchev–Trinajstić information content (AvgIpc) is 3.16. The van der Waals surface area contributed by atoms with Gasteiger partial charge in [0.1, 0.15) is 6.54 Å². The van der Waals surface area contributed by atoms with Gasteiger partial charge >= 0.3 is 5.56 Å². The molecule has 0 spiro atoms. The monoisotopic (exact) mass is 547 g/mol. The lowest BCUT2D eigenvalue weighted by Gasteiger charge is -2.31. The van der Waals surface area contributed by atoms with Crippen LogP contribution in [0.1, 0.15) is 41.5 Å². The minimum atomic E-state index is -3.61. The second-order valence-electron chi connectivity index (χ2n) is 9.66. The largest absolute Gasteiger partial charge is 0.504 e. The smallest absolute Gasteiger partial charge is 0.302 e. The summed E-state index contributed by atoms with van der Waals surface area (Å²) >= 11 is 0. The number of aromatic nitrogens is 3. The lowest BCUT2D eigenvalue weighted by molar-refractivity contribution is -0.133. The molecule has 0 bridgehead atoms. The second-order valence-corrected chi connectivity index (χ2v) is 11.8. The van der Waals surface area contributed by atoms with E-state index in [-0.39, 0.29) is 42.0 Å². The summed E-state index contributed by atoms with van der Waals surface area (Å²) in [6.45, 7) is 2.82. The molecule has 3 heterocycles. The average molecular weight is 548 g/mol. The minimum Gasteiger partial charge on any atom is -0.504 e. The van der Waals surface area contributed by atoms with Gasteiger partial charge < -0.3 is 30.1 Å². The molecular formula is C24H29N5O8S. The summed E-state index contributed by atoms with van der Waals surface area (Å²) in [5, 5.41) is 32.1. The van der Waals surface area contributed by atoms with Crippen LogP contribution in [0.3, 0.4) is 0 Å². The first kappa shape index (κ1) is 27.0. The fourth-order valence-corrected chi connectivity index (χ4v) is 5.24. The second kappa shape index (κ2) is 10.4. The molecule has 38 heavy (non-hydrogen) atoms. The van der Waals surface area contributed by atoms with Crippen LogP contribution in [-0.2, 0) is 33.5 Å². The van der Waals surface area contributed by atoms with Crippen molar-refractivity contribution in [2.45, 2.75) is 38.6 Å². The van der Waals surface area contributed by atoms with Crippen molar-refractivity contribution in [1.82, 2.24) is 24.2 Å². The van der Waals surface area contributed by atoms with Crippen LogP contribution in [0.25, 0.3) is 5.78 Å². The summed E-state index contributed by atoms with van der Waals surface area (Å²) in [5.41, 5.74) is -1.26. The lowest BCUT2D eigenvalue weighted by atomic mass is 10.0. The third-order valence-corrected chi connectivity index (χ3v) is 7.14. The highest BCUT2D eigenvalue weighted by Crippen LogP contribution is 2.25. The van der Waals surface area contributed by atoms with Crippen LogP contribution in [0.4, 0.5) is 0 Å². The van der Waals surface area contributed by atoms with E-state index in [1.54, 1.807) is 4.90 Å². The predicted molar refractivity (Wildman–Crippen MR) is 136 cm³/mol. The molecular weight excluding hydrogens is 518 g/mol. The minimum absolute atomic E-state index is 0.0124. The van der Waals surface area contributed by atoms with Gasteiger partial charge in [-0.3, -0.25) is 14.4 Å². The van der Waals surface area contributed by atoms with Crippen molar-refractivity contribution in [1.29, 1.82) is 0 Å². The highest BCUT2D eigenvalue weighted by Gasteiger charge is 2.26. The zero-order valence-electron chi connectivity index (χ0n) is 20.9. The van der Waals surface area contributed by atoms with Gasteiger partial charge in [0.2, 0.25) is 17.4 Å². The molecule has 1 atom stereocenters. The van der Waals surface area contributed by atoms with Gasteiger partial charge in [-0.05, 0) is 36.5 Å². The van der Waals surface area contributed by atoms with Crippen LogP contribution in [0.15, 0.2) is 29.2 Å². The van der Waals surface area contributed by atoms with Gasteiger partial charge in [0.05, 0.1) is 11.4 Å². The number of hydrogen-bond donors (Lipinski definition) is 4. The molecule has 4 rings (SSSR count). The highest BCUT2D eigenvalue weighted by molar-refractivity contribution is 7.89. The molecule has 3 aromatic rings.